The van der Waals surface area contributed by atoms with Crippen LogP contribution in [0.4, 0.5) is 0 Å². The molecule has 1 aromatic carbocycles. The normalized spacial score (nSPS) is 15.1. The molecule has 1 aliphatic carbocycles. The van der Waals surface area contributed by atoms with E-state index in [0.29, 0.717) is 18.4 Å². The molecule has 1 aromatic heterocycles. The predicted molar refractivity (Wildman–Crippen MR) is 74.7 cm³/mol. The fraction of sp³-hybridized carbons (Fsp3) is 0.467. The highest BCUT2D eigenvalue weighted by Crippen LogP contribution is 2.14. The van der Waals surface area contributed by atoms with Crippen molar-refractivity contribution in [1.29, 1.82) is 0 Å². The van der Waals surface area contributed by atoms with Crippen LogP contribution in [0.3, 0.4) is 0 Å². The maximum Gasteiger partial charge on any atom is 0.230 e. The first-order chi connectivity index (χ1) is 9.24. The van der Waals surface area contributed by atoms with Crippen molar-refractivity contribution in [2.24, 2.45) is 5.73 Å². The van der Waals surface area contributed by atoms with Gasteiger partial charge in [-0.15, -0.1) is 0 Å². The van der Waals surface area contributed by atoms with Crippen molar-refractivity contribution in [3.63, 3.8) is 0 Å². The Hall–Kier alpha value is -1.68. The van der Waals surface area contributed by atoms with Crippen LogP contribution in [0.2, 0.25) is 0 Å². The number of benzene rings is 1. The van der Waals surface area contributed by atoms with Gasteiger partial charge in [0.05, 0.1) is 6.42 Å². The molecule has 0 atom stereocenters. The Bertz CT molecular complexity index is 459. The van der Waals surface area contributed by atoms with Crippen LogP contribution in [0, 0.1) is 6.92 Å². The third-order valence-corrected chi connectivity index (χ3v) is 3.28. The van der Waals surface area contributed by atoms with Gasteiger partial charge < -0.3 is 10.3 Å². The molecule has 102 valence electrons. The van der Waals surface area contributed by atoms with Gasteiger partial charge in [0.25, 0.3) is 0 Å². The first kappa shape index (κ1) is 13.7. The van der Waals surface area contributed by atoms with E-state index in [1.807, 2.05) is 0 Å². The SMILES string of the molecule is Cc1ccc(Cc2ncno2)cc1.NC1CCCC1. The third kappa shape index (κ3) is 4.83. The van der Waals surface area contributed by atoms with E-state index in [2.05, 4.69) is 41.3 Å². The Balaban J connectivity index is 0.000000186. The maximum absolute atomic E-state index is 5.53. The van der Waals surface area contributed by atoms with Gasteiger partial charge in [-0.1, -0.05) is 47.8 Å². The molecule has 2 aromatic rings. The number of nitrogens with zero attached hydrogens (tertiary/aromatic N) is 2. The van der Waals surface area contributed by atoms with Gasteiger partial charge in [-0.3, -0.25) is 0 Å². The molecule has 4 nitrogen and oxygen atoms in total. The molecule has 1 fully saturated rings. The Labute approximate surface area is 114 Å². The molecule has 19 heavy (non-hydrogen) atoms. The predicted octanol–water partition coefficient (Wildman–Crippen LogP) is 2.86. The zero-order valence-corrected chi connectivity index (χ0v) is 11.4. The van der Waals surface area contributed by atoms with Crippen molar-refractivity contribution in [2.75, 3.05) is 0 Å². The highest BCUT2D eigenvalue weighted by atomic mass is 16.5. The summed E-state index contributed by atoms with van der Waals surface area (Å²) in [6.07, 6.45) is 7.38. The molecule has 0 amide bonds. The zero-order valence-electron chi connectivity index (χ0n) is 11.4. The lowest BCUT2D eigenvalue weighted by atomic mass is 10.1. The summed E-state index contributed by atoms with van der Waals surface area (Å²) in [4.78, 5) is 3.96. The van der Waals surface area contributed by atoms with Crippen LogP contribution in [-0.4, -0.2) is 16.2 Å². The third-order valence-electron chi connectivity index (χ3n) is 3.28. The largest absolute Gasteiger partial charge is 0.339 e. The van der Waals surface area contributed by atoms with E-state index in [-0.39, 0.29) is 0 Å². The minimum absolute atomic E-state index is 0.546. The summed E-state index contributed by atoms with van der Waals surface area (Å²) >= 11 is 0. The topological polar surface area (TPSA) is 64.9 Å². The van der Waals surface area contributed by atoms with E-state index in [4.69, 9.17) is 10.3 Å². The lowest BCUT2D eigenvalue weighted by molar-refractivity contribution is 0.384. The van der Waals surface area contributed by atoms with Crippen molar-refractivity contribution in [2.45, 2.75) is 45.1 Å². The van der Waals surface area contributed by atoms with E-state index in [0.717, 1.165) is 0 Å². The van der Waals surface area contributed by atoms with Crippen molar-refractivity contribution < 1.29 is 4.52 Å². The second kappa shape index (κ2) is 7.04. The molecule has 0 aliphatic heterocycles. The van der Waals surface area contributed by atoms with Gasteiger partial charge in [0, 0.05) is 6.04 Å². The molecule has 1 heterocycles. The molecule has 1 aliphatic rings. The van der Waals surface area contributed by atoms with Gasteiger partial charge in [-0.2, -0.15) is 4.98 Å². The summed E-state index contributed by atoms with van der Waals surface area (Å²) in [5, 5.41) is 3.55. The highest BCUT2D eigenvalue weighted by molar-refractivity contribution is 5.23. The van der Waals surface area contributed by atoms with Gasteiger partial charge in [0.2, 0.25) is 5.89 Å². The van der Waals surface area contributed by atoms with Crippen LogP contribution in [-0.2, 0) is 6.42 Å². The lowest BCUT2D eigenvalue weighted by Crippen LogP contribution is -2.13. The molecular weight excluding hydrogens is 238 g/mol. The lowest BCUT2D eigenvalue weighted by Gasteiger charge is -1.96. The fourth-order valence-electron chi connectivity index (χ4n) is 2.11. The van der Waals surface area contributed by atoms with Crippen molar-refractivity contribution in [3.05, 3.63) is 47.6 Å². The van der Waals surface area contributed by atoms with Crippen LogP contribution < -0.4 is 5.73 Å². The molecule has 4 heteroatoms. The molecule has 0 radical (unpaired) electrons. The first-order valence-corrected chi connectivity index (χ1v) is 6.81. The van der Waals surface area contributed by atoms with Crippen LogP contribution >= 0.6 is 0 Å². The monoisotopic (exact) mass is 259 g/mol. The van der Waals surface area contributed by atoms with E-state index in [9.17, 15) is 0 Å². The minimum Gasteiger partial charge on any atom is -0.339 e. The fourth-order valence-corrected chi connectivity index (χ4v) is 2.11. The van der Waals surface area contributed by atoms with Crippen molar-refractivity contribution >= 4 is 0 Å². The standard InChI is InChI=1S/C10H10N2O.C5H11N/c1-8-2-4-9(5-3-8)6-10-11-7-12-13-10;6-5-3-1-2-4-5/h2-5,7H,6H2,1H3;5H,1-4,6H2. The number of nitrogens with two attached hydrogens (primary N) is 1. The Kier molecular flexibility index (Phi) is 5.10. The summed E-state index contributed by atoms with van der Waals surface area (Å²) in [6.45, 7) is 2.07. The van der Waals surface area contributed by atoms with Gasteiger partial charge >= 0.3 is 0 Å². The van der Waals surface area contributed by atoms with Gasteiger partial charge in [-0.25, -0.2) is 0 Å². The summed E-state index contributed by atoms with van der Waals surface area (Å²) in [5.41, 5.74) is 7.98. The van der Waals surface area contributed by atoms with Crippen molar-refractivity contribution in [3.8, 4) is 0 Å². The van der Waals surface area contributed by atoms with Crippen LogP contribution in [0.5, 0.6) is 0 Å². The summed E-state index contributed by atoms with van der Waals surface area (Å²) in [6, 6.07) is 8.83. The summed E-state index contributed by atoms with van der Waals surface area (Å²) in [5.74, 6) is 0.656. The minimum atomic E-state index is 0.546. The van der Waals surface area contributed by atoms with Gasteiger partial charge in [0.15, 0.2) is 6.33 Å². The number of aromatic nitrogens is 2. The highest BCUT2D eigenvalue weighted by Gasteiger charge is 2.07. The number of hydrogen-bond acceptors (Lipinski definition) is 4. The summed E-state index contributed by atoms with van der Waals surface area (Å²) < 4.78 is 4.91. The van der Waals surface area contributed by atoms with Gasteiger partial charge in [-0.05, 0) is 25.3 Å². The van der Waals surface area contributed by atoms with Gasteiger partial charge in [0.1, 0.15) is 0 Å². The van der Waals surface area contributed by atoms with E-state index in [1.54, 1.807) is 0 Å². The summed E-state index contributed by atoms with van der Waals surface area (Å²) in [7, 11) is 0. The maximum atomic E-state index is 5.53. The average Bonchev–Trinajstić information content (AvgIpc) is 3.07. The molecular formula is C15H21N3O. The molecule has 2 N–H and O–H groups in total. The quantitative estimate of drug-likeness (QED) is 0.900. The van der Waals surface area contributed by atoms with Crippen LogP contribution in [0.25, 0.3) is 0 Å². The molecule has 0 spiro atoms. The molecule has 3 rings (SSSR count). The first-order valence-electron chi connectivity index (χ1n) is 6.81. The molecule has 1 saturated carbocycles. The second-order valence-corrected chi connectivity index (χ2v) is 5.04. The number of aryl methyl sites for hydroxylation is 1. The van der Waals surface area contributed by atoms with E-state index < -0.39 is 0 Å². The van der Waals surface area contributed by atoms with Crippen molar-refractivity contribution in [1.82, 2.24) is 10.1 Å². The van der Waals surface area contributed by atoms with E-state index in [1.165, 1.54) is 43.1 Å². The van der Waals surface area contributed by atoms with E-state index >= 15 is 0 Å². The zero-order chi connectivity index (χ0) is 13.5. The molecule has 0 bridgehead atoms. The molecule has 0 unspecified atom stereocenters. The Morgan fingerprint density at radius 3 is 2.37 bits per heavy atom. The number of rotatable bonds is 2. The second-order valence-electron chi connectivity index (χ2n) is 5.04. The van der Waals surface area contributed by atoms with Crippen LogP contribution in [0.1, 0.15) is 42.7 Å². The molecule has 0 saturated heterocycles. The average molecular weight is 259 g/mol. The smallest absolute Gasteiger partial charge is 0.230 e. The Morgan fingerprint density at radius 1 is 1.21 bits per heavy atom. The number of hydrogen-bond donors (Lipinski definition) is 1. The van der Waals surface area contributed by atoms with Crippen LogP contribution in [0.15, 0.2) is 35.1 Å². The Morgan fingerprint density at radius 2 is 1.89 bits per heavy atom.